The third kappa shape index (κ3) is 4.41. The van der Waals surface area contributed by atoms with Crippen molar-refractivity contribution in [3.63, 3.8) is 0 Å². The van der Waals surface area contributed by atoms with Crippen molar-refractivity contribution in [2.24, 2.45) is 0 Å². The van der Waals surface area contributed by atoms with Crippen LogP contribution >= 0.6 is 0 Å². The van der Waals surface area contributed by atoms with Crippen LogP contribution in [0.1, 0.15) is 15.9 Å². The summed E-state index contributed by atoms with van der Waals surface area (Å²) in [6.45, 7) is 5.06. The first-order valence-electron chi connectivity index (χ1n) is 9.87. The minimum atomic E-state index is -0.956. The Morgan fingerprint density at radius 1 is 0.966 bits per heavy atom. The number of rotatable bonds is 5. The molecule has 0 atom stereocenters. The lowest BCUT2D eigenvalue weighted by Crippen LogP contribution is -2.59. The van der Waals surface area contributed by atoms with Gasteiger partial charge in [-0.05, 0) is 29.8 Å². The van der Waals surface area contributed by atoms with Crippen LogP contribution in [-0.4, -0.2) is 72.3 Å². The van der Waals surface area contributed by atoms with E-state index < -0.39 is 5.97 Å². The van der Waals surface area contributed by atoms with E-state index in [-0.39, 0.29) is 11.6 Å². The Hall–Kier alpha value is -2.90. The molecule has 0 radical (unpaired) electrons. The molecule has 1 N–H and O–H groups in total. The summed E-state index contributed by atoms with van der Waals surface area (Å²) < 4.78 is 5.28. The number of hydrogen-bond acceptors (Lipinski definition) is 4. The predicted molar refractivity (Wildman–Crippen MR) is 109 cm³/mol. The van der Waals surface area contributed by atoms with Gasteiger partial charge in [-0.3, -0.25) is 9.80 Å². The monoisotopic (exact) mass is 395 g/mol. The van der Waals surface area contributed by atoms with Gasteiger partial charge in [-0.15, -0.1) is 0 Å². The second kappa shape index (κ2) is 8.63. The van der Waals surface area contributed by atoms with Gasteiger partial charge in [0.25, 0.3) is 0 Å². The van der Waals surface area contributed by atoms with Crippen LogP contribution in [-0.2, 0) is 11.3 Å². The van der Waals surface area contributed by atoms with Crippen molar-refractivity contribution in [1.82, 2.24) is 9.80 Å². The van der Waals surface area contributed by atoms with Crippen LogP contribution < -0.4 is 4.90 Å². The Morgan fingerprint density at radius 2 is 1.62 bits per heavy atom. The number of ether oxygens (including phenoxy) is 1. The molecule has 0 saturated carbocycles. The van der Waals surface area contributed by atoms with Crippen LogP contribution in [0.2, 0.25) is 0 Å². The summed E-state index contributed by atoms with van der Waals surface area (Å²) in [6.07, 6.45) is 0. The quantitative estimate of drug-likeness (QED) is 0.842. The van der Waals surface area contributed by atoms with Gasteiger partial charge in [-0.2, -0.15) is 0 Å². The summed E-state index contributed by atoms with van der Waals surface area (Å²) in [5, 5.41) is 9.09. The van der Waals surface area contributed by atoms with E-state index in [0.717, 1.165) is 37.6 Å². The molecule has 2 amide bonds. The van der Waals surface area contributed by atoms with E-state index in [1.807, 2.05) is 35.2 Å². The molecule has 7 heteroatoms. The number of nitrogens with zero attached hydrogens (tertiary/aromatic N) is 3. The highest BCUT2D eigenvalue weighted by molar-refractivity contribution is 5.92. The molecule has 0 aromatic heterocycles. The number of carbonyl (C=O) groups is 2. The van der Waals surface area contributed by atoms with Gasteiger partial charge in [0.05, 0.1) is 31.4 Å². The van der Waals surface area contributed by atoms with Crippen molar-refractivity contribution >= 4 is 17.7 Å². The Morgan fingerprint density at radius 3 is 2.17 bits per heavy atom. The molecule has 2 fully saturated rings. The summed E-state index contributed by atoms with van der Waals surface area (Å²) in [5.74, 6) is -0.956. The first-order valence-corrected chi connectivity index (χ1v) is 9.87. The number of carbonyl (C=O) groups excluding carboxylic acids is 1. The number of carboxylic acids is 1. The van der Waals surface area contributed by atoms with Crippen molar-refractivity contribution in [3.05, 3.63) is 65.7 Å². The molecule has 0 aliphatic carbocycles. The number of anilines is 1. The van der Waals surface area contributed by atoms with Gasteiger partial charge in [0, 0.05) is 31.9 Å². The van der Waals surface area contributed by atoms with Crippen LogP contribution in [0.3, 0.4) is 0 Å². The number of carboxylic acid groups (broad SMARTS) is 1. The maximum atomic E-state index is 13.4. The highest BCUT2D eigenvalue weighted by Crippen LogP contribution is 2.21. The van der Waals surface area contributed by atoms with Gasteiger partial charge in [0.15, 0.2) is 0 Å². The van der Waals surface area contributed by atoms with Crippen molar-refractivity contribution < 1.29 is 19.4 Å². The maximum absolute atomic E-state index is 13.4. The molecule has 2 aliphatic rings. The van der Waals surface area contributed by atoms with Crippen LogP contribution in [0.15, 0.2) is 54.6 Å². The lowest BCUT2D eigenvalue weighted by Gasteiger charge is -2.43. The molecule has 0 spiro atoms. The van der Waals surface area contributed by atoms with Crippen molar-refractivity contribution in [2.75, 3.05) is 44.3 Å². The number of para-hydroxylation sites is 1. The second-order valence-electron chi connectivity index (χ2n) is 7.42. The zero-order valence-electron chi connectivity index (χ0n) is 16.2. The van der Waals surface area contributed by atoms with Gasteiger partial charge in [0.2, 0.25) is 0 Å². The number of piperazine rings is 1. The van der Waals surface area contributed by atoms with Crippen molar-refractivity contribution in [2.45, 2.75) is 12.6 Å². The van der Waals surface area contributed by atoms with E-state index in [0.29, 0.717) is 25.7 Å². The van der Waals surface area contributed by atoms with Crippen molar-refractivity contribution in [1.29, 1.82) is 0 Å². The zero-order chi connectivity index (χ0) is 20.2. The van der Waals surface area contributed by atoms with Gasteiger partial charge in [-0.25, -0.2) is 9.59 Å². The summed E-state index contributed by atoms with van der Waals surface area (Å²) in [6, 6.07) is 16.7. The van der Waals surface area contributed by atoms with Crippen LogP contribution in [0, 0.1) is 0 Å². The Labute approximate surface area is 170 Å². The molecule has 29 heavy (non-hydrogen) atoms. The molecule has 2 aromatic carbocycles. The average molecular weight is 395 g/mol. The van der Waals surface area contributed by atoms with Crippen molar-refractivity contribution in [3.8, 4) is 0 Å². The van der Waals surface area contributed by atoms with Gasteiger partial charge >= 0.3 is 12.0 Å². The number of hydrogen-bond donors (Lipinski definition) is 1. The number of urea groups is 1. The topological polar surface area (TPSA) is 73.3 Å². The average Bonchev–Trinajstić information content (AvgIpc) is 2.72. The minimum absolute atomic E-state index is 0.0250. The van der Waals surface area contributed by atoms with E-state index in [9.17, 15) is 9.59 Å². The lowest BCUT2D eigenvalue weighted by molar-refractivity contribution is -0.0738. The largest absolute Gasteiger partial charge is 0.478 e. The molecule has 2 saturated heterocycles. The van der Waals surface area contributed by atoms with E-state index >= 15 is 0 Å². The van der Waals surface area contributed by atoms with Crippen LogP contribution in [0.25, 0.3) is 0 Å². The van der Waals surface area contributed by atoms with Gasteiger partial charge in [-0.1, -0.05) is 30.3 Å². The van der Waals surface area contributed by atoms with Crippen LogP contribution in [0.5, 0.6) is 0 Å². The van der Waals surface area contributed by atoms with Gasteiger partial charge in [0.1, 0.15) is 0 Å². The smallest absolute Gasteiger partial charge is 0.335 e. The Balaban J connectivity index is 1.48. The molecule has 2 aromatic rings. The normalized spacial score (nSPS) is 17.6. The molecule has 4 rings (SSSR count). The minimum Gasteiger partial charge on any atom is -0.478 e. The molecule has 2 heterocycles. The Bertz CT molecular complexity index is 844. The molecule has 152 valence electrons. The van der Waals surface area contributed by atoms with E-state index in [4.69, 9.17) is 9.84 Å². The van der Waals surface area contributed by atoms with E-state index in [1.54, 1.807) is 29.2 Å². The number of benzene rings is 2. The molecule has 7 nitrogen and oxygen atoms in total. The highest BCUT2D eigenvalue weighted by Gasteiger charge is 2.32. The molecule has 0 bridgehead atoms. The summed E-state index contributed by atoms with van der Waals surface area (Å²) >= 11 is 0. The van der Waals surface area contributed by atoms with Crippen LogP contribution in [0.4, 0.5) is 10.5 Å². The number of aromatic carboxylic acids is 1. The standard InChI is InChI=1S/C22H25N3O4/c26-21(27)18-8-6-17(7-9-18)14-25(19-4-2-1-3-5-19)22(28)24-12-10-23(11-13-24)20-15-29-16-20/h1-9,20H,10-16H2,(H,26,27). The molecule has 2 aliphatic heterocycles. The molecule has 0 unspecified atom stereocenters. The predicted octanol–water partition coefficient (Wildman–Crippen LogP) is 2.53. The third-order valence-corrected chi connectivity index (χ3v) is 5.56. The molecular weight excluding hydrogens is 370 g/mol. The lowest BCUT2D eigenvalue weighted by atomic mass is 10.1. The first-order chi connectivity index (χ1) is 14.1. The third-order valence-electron chi connectivity index (χ3n) is 5.56. The zero-order valence-corrected chi connectivity index (χ0v) is 16.2. The fourth-order valence-electron chi connectivity index (χ4n) is 3.70. The van der Waals surface area contributed by atoms with E-state index in [1.165, 1.54) is 0 Å². The highest BCUT2D eigenvalue weighted by atomic mass is 16.5. The number of amides is 2. The first kappa shape index (κ1) is 19.4. The van der Waals surface area contributed by atoms with E-state index in [2.05, 4.69) is 4.90 Å². The SMILES string of the molecule is O=C(O)c1ccc(CN(C(=O)N2CCN(C3COC3)CC2)c2ccccc2)cc1. The van der Waals surface area contributed by atoms with Gasteiger partial charge < -0.3 is 14.7 Å². The summed E-state index contributed by atoms with van der Waals surface area (Å²) in [7, 11) is 0. The second-order valence-corrected chi connectivity index (χ2v) is 7.42. The fraction of sp³-hybridized carbons (Fsp3) is 0.364. The maximum Gasteiger partial charge on any atom is 0.335 e. The Kier molecular flexibility index (Phi) is 5.78. The fourth-order valence-corrected chi connectivity index (χ4v) is 3.70. The molecular formula is C22H25N3O4. The summed E-state index contributed by atoms with van der Waals surface area (Å²) in [5.41, 5.74) is 1.95. The summed E-state index contributed by atoms with van der Waals surface area (Å²) in [4.78, 5) is 30.5.